The van der Waals surface area contributed by atoms with E-state index in [1.807, 2.05) is 42.2 Å². The molecule has 0 bridgehead atoms. The number of anilines is 1. The molecule has 1 aliphatic heterocycles. The second-order valence-electron chi connectivity index (χ2n) is 4.45. The Bertz CT molecular complexity index is 723. The molecule has 0 fully saturated rings. The first-order chi connectivity index (χ1) is 9.69. The highest BCUT2D eigenvalue weighted by molar-refractivity contribution is 7.22. The number of benzene rings is 1. The van der Waals surface area contributed by atoms with Crippen LogP contribution in [0.15, 0.2) is 41.0 Å². The third-order valence-electron chi connectivity index (χ3n) is 3.02. The van der Waals surface area contributed by atoms with Crippen LogP contribution < -0.4 is 4.90 Å². The van der Waals surface area contributed by atoms with Gasteiger partial charge in [0, 0.05) is 5.70 Å². The van der Waals surface area contributed by atoms with Gasteiger partial charge in [-0.3, -0.25) is 4.90 Å². The summed E-state index contributed by atoms with van der Waals surface area (Å²) in [6, 6.07) is 9.98. The smallest absolute Gasteiger partial charge is 0.205 e. The number of amidine groups is 1. The van der Waals surface area contributed by atoms with Gasteiger partial charge < -0.3 is 0 Å². The van der Waals surface area contributed by atoms with Gasteiger partial charge in [-0.1, -0.05) is 23.5 Å². The van der Waals surface area contributed by atoms with Crippen molar-refractivity contribution >= 4 is 43.6 Å². The average molecular weight is 303 g/mol. The van der Waals surface area contributed by atoms with Gasteiger partial charge in [-0.2, -0.15) is 5.26 Å². The van der Waals surface area contributed by atoms with Crippen molar-refractivity contribution in [3.63, 3.8) is 0 Å². The number of nitrogens with zero attached hydrogens (tertiary/aromatic N) is 4. The second-order valence-corrected chi connectivity index (χ2v) is 5.80. The molecule has 0 saturated heterocycles. The molecule has 2 heterocycles. The Morgan fingerprint density at radius 3 is 3.00 bits per heavy atom. The maximum Gasteiger partial charge on any atom is 0.205 e. The molecule has 0 saturated carbocycles. The molecule has 0 aliphatic carbocycles. The Labute approximate surface area is 125 Å². The summed E-state index contributed by atoms with van der Waals surface area (Å²) in [5.41, 5.74) is 1.76. The van der Waals surface area contributed by atoms with Gasteiger partial charge in [-0.25, -0.2) is 9.98 Å². The van der Waals surface area contributed by atoms with Crippen molar-refractivity contribution in [1.29, 1.82) is 5.26 Å². The maximum atomic E-state index is 8.99. The Hall–Kier alpha value is -1.90. The van der Waals surface area contributed by atoms with Crippen LogP contribution >= 0.6 is 22.9 Å². The van der Waals surface area contributed by atoms with Crippen LogP contribution in [-0.2, 0) is 0 Å². The highest BCUT2D eigenvalue weighted by Crippen LogP contribution is 2.33. The molecular formula is C14H11ClN4S. The van der Waals surface area contributed by atoms with Crippen LogP contribution in [0.1, 0.15) is 13.3 Å². The number of hydrogen-bond donors (Lipinski definition) is 0. The third-order valence-corrected chi connectivity index (χ3v) is 4.32. The van der Waals surface area contributed by atoms with E-state index in [0.717, 1.165) is 21.0 Å². The lowest BCUT2D eigenvalue weighted by Gasteiger charge is -2.29. The van der Waals surface area contributed by atoms with Crippen molar-refractivity contribution in [3.05, 3.63) is 36.0 Å². The van der Waals surface area contributed by atoms with Gasteiger partial charge >= 0.3 is 0 Å². The minimum atomic E-state index is -0.120. The highest BCUT2D eigenvalue weighted by Gasteiger charge is 2.27. The molecule has 2 aromatic rings. The molecule has 0 amide bonds. The van der Waals surface area contributed by atoms with E-state index in [1.54, 1.807) is 11.3 Å². The summed E-state index contributed by atoms with van der Waals surface area (Å²) < 4.78 is 1.09. The molecule has 1 atom stereocenters. The number of halogens is 1. The van der Waals surface area contributed by atoms with E-state index in [1.165, 1.54) is 0 Å². The topological polar surface area (TPSA) is 52.3 Å². The van der Waals surface area contributed by atoms with Gasteiger partial charge in [0.1, 0.15) is 0 Å². The SMILES string of the molecule is CC1=CC(CC#N)N(c2nc3ccccc3s2)C(Cl)=N1. The van der Waals surface area contributed by atoms with E-state index in [-0.39, 0.29) is 6.04 Å². The molecule has 0 spiro atoms. The Morgan fingerprint density at radius 1 is 1.45 bits per heavy atom. The molecule has 1 aliphatic rings. The first-order valence-corrected chi connectivity index (χ1v) is 7.33. The lowest BCUT2D eigenvalue weighted by atomic mass is 10.1. The summed E-state index contributed by atoms with van der Waals surface area (Å²) in [6.07, 6.45) is 2.29. The van der Waals surface area contributed by atoms with Crippen molar-refractivity contribution in [2.24, 2.45) is 4.99 Å². The molecule has 6 heteroatoms. The number of hydrogen-bond acceptors (Lipinski definition) is 5. The standard InChI is InChI=1S/C14H11ClN4S/c1-9-8-10(6-7-16)19(13(15)17-9)14-18-11-4-2-3-5-12(11)20-14/h2-5,8,10H,6H2,1H3. The summed E-state index contributed by atoms with van der Waals surface area (Å²) in [6.45, 7) is 1.88. The Balaban J connectivity index is 2.06. The quantitative estimate of drug-likeness (QED) is 0.791. The normalized spacial score (nSPS) is 18.6. The second kappa shape index (κ2) is 5.23. The van der Waals surface area contributed by atoms with Crippen LogP contribution in [-0.4, -0.2) is 16.3 Å². The zero-order valence-electron chi connectivity index (χ0n) is 10.7. The number of aromatic nitrogens is 1. The molecular weight excluding hydrogens is 292 g/mol. The number of allylic oxidation sites excluding steroid dienone is 1. The average Bonchev–Trinajstić information content (AvgIpc) is 2.81. The van der Waals surface area contributed by atoms with Crippen LogP contribution in [0.25, 0.3) is 10.2 Å². The van der Waals surface area contributed by atoms with Crippen molar-refractivity contribution in [2.75, 3.05) is 4.90 Å². The number of para-hydroxylation sites is 1. The molecule has 20 heavy (non-hydrogen) atoms. The maximum absolute atomic E-state index is 8.99. The number of thiazole rings is 1. The number of rotatable bonds is 2. The lowest BCUT2D eigenvalue weighted by Crippen LogP contribution is -2.39. The summed E-state index contributed by atoms with van der Waals surface area (Å²) >= 11 is 7.81. The zero-order valence-corrected chi connectivity index (χ0v) is 12.3. The highest BCUT2D eigenvalue weighted by atomic mass is 35.5. The summed E-state index contributed by atoms with van der Waals surface area (Å²) in [5.74, 6) is 0. The number of aliphatic imine (C=N–C) groups is 1. The van der Waals surface area contributed by atoms with Crippen LogP contribution in [0.5, 0.6) is 0 Å². The number of nitriles is 1. The Morgan fingerprint density at radius 2 is 2.25 bits per heavy atom. The fourth-order valence-electron chi connectivity index (χ4n) is 2.15. The first-order valence-electron chi connectivity index (χ1n) is 6.13. The molecule has 0 radical (unpaired) electrons. The molecule has 3 rings (SSSR count). The van der Waals surface area contributed by atoms with Crippen molar-refractivity contribution in [3.8, 4) is 6.07 Å². The fourth-order valence-corrected chi connectivity index (χ4v) is 3.57. The summed E-state index contributed by atoms with van der Waals surface area (Å²) in [5, 5.41) is 10.1. The predicted molar refractivity (Wildman–Crippen MR) is 83.2 cm³/mol. The van der Waals surface area contributed by atoms with Crippen molar-refractivity contribution in [2.45, 2.75) is 19.4 Å². The van der Waals surface area contributed by atoms with E-state index in [4.69, 9.17) is 16.9 Å². The first kappa shape index (κ1) is 13.1. The molecule has 1 aromatic carbocycles. The molecule has 0 N–H and O–H groups in total. The van der Waals surface area contributed by atoms with Crippen LogP contribution in [0, 0.1) is 11.3 Å². The van der Waals surface area contributed by atoms with Gasteiger partial charge in [0.2, 0.25) is 5.29 Å². The lowest BCUT2D eigenvalue weighted by molar-refractivity contribution is 0.796. The molecule has 1 aromatic heterocycles. The number of fused-ring (bicyclic) bond motifs is 1. The summed E-state index contributed by atoms with van der Waals surface area (Å²) in [7, 11) is 0. The van der Waals surface area contributed by atoms with Gasteiger partial charge in [0.05, 0.1) is 28.7 Å². The monoisotopic (exact) mass is 302 g/mol. The molecule has 100 valence electrons. The van der Waals surface area contributed by atoms with Crippen LogP contribution in [0.4, 0.5) is 5.13 Å². The largest absolute Gasteiger partial charge is 0.284 e. The minimum Gasteiger partial charge on any atom is -0.284 e. The minimum absolute atomic E-state index is 0.120. The Kier molecular flexibility index (Phi) is 3.43. The van der Waals surface area contributed by atoms with Crippen molar-refractivity contribution < 1.29 is 0 Å². The van der Waals surface area contributed by atoms with E-state index >= 15 is 0 Å². The van der Waals surface area contributed by atoms with Gasteiger partial charge in [-0.15, -0.1) is 0 Å². The van der Waals surface area contributed by atoms with Crippen LogP contribution in [0.2, 0.25) is 0 Å². The van der Waals surface area contributed by atoms with Gasteiger partial charge in [0.25, 0.3) is 0 Å². The molecule has 4 nitrogen and oxygen atoms in total. The summed E-state index contributed by atoms with van der Waals surface area (Å²) in [4.78, 5) is 10.7. The van der Waals surface area contributed by atoms with E-state index in [0.29, 0.717) is 11.7 Å². The van der Waals surface area contributed by atoms with E-state index in [9.17, 15) is 0 Å². The third kappa shape index (κ3) is 2.28. The van der Waals surface area contributed by atoms with Crippen LogP contribution in [0.3, 0.4) is 0 Å². The van der Waals surface area contributed by atoms with Gasteiger partial charge in [0.15, 0.2) is 5.13 Å². The zero-order chi connectivity index (χ0) is 14.1. The predicted octanol–water partition coefficient (Wildman–Crippen LogP) is 3.90. The van der Waals surface area contributed by atoms with E-state index < -0.39 is 0 Å². The molecule has 1 unspecified atom stereocenters. The fraction of sp³-hybridized carbons (Fsp3) is 0.214. The van der Waals surface area contributed by atoms with Gasteiger partial charge in [-0.05, 0) is 36.7 Å². The van der Waals surface area contributed by atoms with Crippen molar-refractivity contribution in [1.82, 2.24) is 4.98 Å². The van der Waals surface area contributed by atoms with E-state index in [2.05, 4.69) is 16.0 Å².